The lowest BCUT2D eigenvalue weighted by atomic mass is 10.00. The smallest absolute Gasteiger partial charge is 0.252 e. The van der Waals surface area contributed by atoms with Crippen molar-refractivity contribution >= 4 is 22.9 Å². The van der Waals surface area contributed by atoms with Crippen molar-refractivity contribution in [2.75, 3.05) is 18.4 Å². The van der Waals surface area contributed by atoms with E-state index in [9.17, 15) is 4.79 Å². The third-order valence-electron chi connectivity index (χ3n) is 6.30. The van der Waals surface area contributed by atoms with Gasteiger partial charge in [0.2, 0.25) is 0 Å². The molecular formula is C25H28N4OS. The molecule has 0 bridgehead atoms. The van der Waals surface area contributed by atoms with Crippen LogP contribution in [0.5, 0.6) is 0 Å². The first-order valence-corrected chi connectivity index (χ1v) is 11.7. The first-order valence-electron chi connectivity index (χ1n) is 10.9. The largest absolute Gasteiger partial charge is 0.380 e. The van der Waals surface area contributed by atoms with Crippen LogP contribution in [-0.2, 0) is 12.1 Å². The minimum absolute atomic E-state index is 0.00247. The predicted octanol–water partition coefficient (Wildman–Crippen LogP) is 3.99. The third kappa shape index (κ3) is 4.11. The van der Waals surface area contributed by atoms with Gasteiger partial charge in [-0.3, -0.25) is 4.79 Å². The van der Waals surface area contributed by atoms with E-state index < -0.39 is 0 Å². The number of rotatable bonds is 7. The molecule has 5 rings (SSSR count). The summed E-state index contributed by atoms with van der Waals surface area (Å²) in [4.78, 5) is 15.6. The van der Waals surface area contributed by atoms with Gasteiger partial charge in [-0.2, -0.15) is 0 Å². The molecule has 1 aromatic heterocycles. The Labute approximate surface area is 187 Å². The molecule has 0 atom stereocenters. The van der Waals surface area contributed by atoms with E-state index in [4.69, 9.17) is 5.73 Å². The summed E-state index contributed by atoms with van der Waals surface area (Å²) in [6.07, 6.45) is 1.93. The lowest BCUT2D eigenvalue weighted by molar-refractivity contribution is 0.0930. The fraction of sp³-hybridized carbons (Fsp3) is 0.320. The molecule has 160 valence electrons. The number of anilines is 1. The molecule has 5 N–H and O–H groups in total. The van der Waals surface area contributed by atoms with Crippen molar-refractivity contribution in [2.45, 2.75) is 37.9 Å². The zero-order valence-electron chi connectivity index (χ0n) is 17.7. The first kappa shape index (κ1) is 20.2. The van der Waals surface area contributed by atoms with E-state index in [-0.39, 0.29) is 11.4 Å². The van der Waals surface area contributed by atoms with Crippen molar-refractivity contribution in [1.29, 1.82) is 0 Å². The lowest BCUT2D eigenvalue weighted by Gasteiger charge is -2.29. The van der Waals surface area contributed by atoms with Gasteiger partial charge in [0, 0.05) is 40.6 Å². The second kappa shape index (κ2) is 8.11. The summed E-state index contributed by atoms with van der Waals surface area (Å²) in [5, 5.41) is 10.1. The van der Waals surface area contributed by atoms with E-state index in [0.717, 1.165) is 42.7 Å². The molecule has 6 heteroatoms. The highest BCUT2D eigenvalue weighted by Gasteiger charge is 2.46. The van der Waals surface area contributed by atoms with Gasteiger partial charge in [0.05, 0.1) is 11.6 Å². The van der Waals surface area contributed by atoms with Crippen LogP contribution in [0.1, 0.15) is 39.2 Å². The number of nitrogens with two attached hydrogens (primary N) is 1. The van der Waals surface area contributed by atoms with Crippen LogP contribution in [0, 0.1) is 6.92 Å². The van der Waals surface area contributed by atoms with Gasteiger partial charge in [-0.25, -0.2) is 0 Å². The molecule has 1 saturated heterocycles. The normalized spacial score (nSPS) is 17.1. The molecule has 2 fully saturated rings. The van der Waals surface area contributed by atoms with Crippen molar-refractivity contribution in [2.24, 2.45) is 5.73 Å². The molecule has 0 unspecified atom stereocenters. The Kier molecular flexibility index (Phi) is 5.30. The molecule has 31 heavy (non-hydrogen) atoms. The number of aryl methyl sites for hydroxylation is 1. The van der Waals surface area contributed by atoms with Gasteiger partial charge in [0.25, 0.3) is 5.91 Å². The maximum atomic E-state index is 13.3. The fourth-order valence-corrected chi connectivity index (χ4v) is 4.97. The van der Waals surface area contributed by atoms with Gasteiger partial charge < -0.3 is 21.7 Å². The highest BCUT2D eigenvalue weighted by Crippen LogP contribution is 2.47. The van der Waals surface area contributed by atoms with Crippen LogP contribution in [0.4, 0.5) is 5.69 Å². The summed E-state index contributed by atoms with van der Waals surface area (Å²) >= 11 is 1.73. The van der Waals surface area contributed by atoms with Gasteiger partial charge in [-0.05, 0) is 66.8 Å². The Bertz CT molecular complexity index is 1110. The van der Waals surface area contributed by atoms with Crippen molar-refractivity contribution < 1.29 is 4.79 Å². The Morgan fingerprint density at radius 3 is 2.68 bits per heavy atom. The van der Waals surface area contributed by atoms with E-state index in [1.165, 1.54) is 20.9 Å². The second-order valence-electron chi connectivity index (χ2n) is 8.62. The SMILES string of the molecule is Cc1ccc(NC2CNC2)cc1C(=O)NC1(c2cccc(-c3ccc(CN)s3)c2)CC1. The average Bonchev–Trinajstić information content (AvgIpc) is 3.37. The number of benzene rings is 2. The van der Waals surface area contributed by atoms with Crippen molar-refractivity contribution in [3.05, 3.63) is 76.2 Å². The topological polar surface area (TPSA) is 79.2 Å². The Balaban J connectivity index is 1.36. The summed E-state index contributed by atoms with van der Waals surface area (Å²) in [5.41, 5.74) is 10.6. The Morgan fingerprint density at radius 1 is 1.16 bits per heavy atom. The van der Waals surface area contributed by atoms with Crippen molar-refractivity contribution in [3.63, 3.8) is 0 Å². The molecule has 0 radical (unpaired) electrons. The van der Waals surface area contributed by atoms with Crippen LogP contribution in [0.15, 0.2) is 54.6 Å². The highest BCUT2D eigenvalue weighted by molar-refractivity contribution is 7.15. The zero-order chi connectivity index (χ0) is 21.4. The van der Waals surface area contributed by atoms with Gasteiger partial charge in [-0.15, -0.1) is 11.3 Å². The number of thiophene rings is 1. The molecule has 1 amide bonds. The monoisotopic (exact) mass is 432 g/mol. The molecule has 1 aliphatic carbocycles. The summed E-state index contributed by atoms with van der Waals surface area (Å²) in [5.74, 6) is -0.00247. The van der Waals surface area contributed by atoms with E-state index in [1.807, 2.05) is 19.1 Å². The van der Waals surface area contributed by atoms with E-state index in [0.29, 0.717) is 12.6 Å². The molecule has 1 saturated carbocycles. The molecule has 3 aromatic rings. The van der Waals surface area contributed by atoms with Crippen LogP contribution < -0.4 is 21.7 Å². The van der Waals surface area contributed by atoms with Gasteiger partial charge >= 0.3 is 0 Å². The molecule has 2 aliphatic rings. The number of carbonyl (C=O) groups is 1. The van der Waals surface area contributed by atoms with Crippen LogP contribution in [0.3, 0.4) is 0 Å². The number of hydrogen-bond acceptors (Lipinski definition) is 5. The molecule has 2 aromatic carbocycles. The van der Waals surface area contributed by atoms with Gasteiger partial charge in [0.15, 0.2) is 0 Å². The Hall–Kier alpha value is -2.67. The van der Waals surface area contributed by atoms with Gasteiger partial charge in [-0.1, -0.05) is 24.3 Å². The van der Waals surface area contributed by atoms with Crippen LogP contribution in [-0.4, -0.2) is 25.0 Å². The lowest BCUT2D eigenvalue weighted by Crippen LogP contribution is -2.51. The molecular weight excluding hydrogens is 404 g/mol. The van der Waals surface area contributed by atoms with Crippen molar-refractivity contribution in [1.82, 2.24) is 10.6 Å². The van der Waals surface area contributed by atoms with E-state index in [1.54, 1.807) is 11.3 Å². The minimum atomic E-state index is -0.269. The summed E-state index contributed by atoms with van der Waals surface area (Å²) in [6.45, 7) is 4.49. The number of nitrogens with one attached hydrogen (secondary N) is 3. The summed E-state index contributed by atoms with van der Waals surface area (Å²) in [6, 6.07) is 19.3. The van der Waals surface area contributed by atoms with Crippen molar-refractivity contribution in [3.8, 4) is 10.4 Å². The second-order valence-corrected chi connectivity index (χ2v) is 9.78. The van der Waals surface area contributed by atoms with Crippen LogP contribution in [0.2, 0.25) is 0 Å². The third-order valence-corrected chi connectivity index (χ3v) is 7.46. The van der Waals surface area contributed by atoms with Gasteiger partial charge in [0.1, 0.15) is 0 Å². The standard InChI is InChI=1S/C25H28N4OS/c1-16-5-6-19(28-20-14-27-15-20)12-22(16)24(30)29-25(9-10-25)18-4-2-3-17(11-18)23-8-7-21(13-26)31-23/h2-8,11-12,20,27-28H,9-10,13-15,26H2,1H3,(H,29,30). The predicted molar refractivity (Wildman–Crippen MR) is 127 cm³/mol. The maximum Gasteiger partial charge on any atom is 0.252 e. The number of hydrogen-bond donors (Lipinski definition) is 4. The number of carbonyl (C=O) groups excluding carboxylic acids is 1. The first-order chi connectivity index (χ1) is 15.1. The fourth-order valence-electron chi connectivity index (χ4n) is 4.09. The van der Waals surface area contributed by atoms with E-state index >= 15 is 0 Å². The van der Waals surface area contributed by atoms with Crippen LogP contribution in [0.25, 0.3) is 10.4 Å². The van der Waals surface area contributed by atoms with Crippen LogP contribution >= 0.6 is 11.3 Å². The summed E-state index contributed by atoms with van der Waals surface area (Å²) in [7, 11) is 0. The molecule has 2 heterocycles. The average molecular weight is 433 g/mol. The molecule has 5 nitrogen and oxygen atoms in total. The summed E-state index contributed by atoms with van der Waals surface area (Å²) < 4.78 is 0. The minimum Gasteiger partial charge on any atom is -0.380 e. The highest BCUT2D eigenvalue weighted by atomic mass is 32.1. The number of amides is 1. The Morgan fingerprint density at radius 2 is 2.00 bits per heavy atom. The quantitative estimate of drug-likeness (QED) is 0.455. The van der Waals surface area contributed by atoms with E-state index in [2.05, 4.69) is 58.4 Å². The zero-order valence-corrected chi connectivity index (χ0v) is 18.5. The molecule has 0 spiro atoms. The molecule has 1 aliphatic heterocycles. The maximum absolute atomic E-state index is 13.3.